The van der Waals surface area contributed by atoms with E-state index in [4.69, 9.17) is 0 Å². The lowest BCUT2D eigenvalue weighted by Crippen LogP contribution is -2.14. The van der Waals surface area contributed by atoms with Crippen LogP contribution in [-0.4, -0.2) is 39.3 Å². The smallest absolute Gasteiger partial charge is 0.0583 e. The summed E-state index contributed by atoms with van der Waals surface area (Å²) in [5.41, 5.74) is 1.44. The fourth-order valence-electron chi connectivity index (χ4n) is 1.99. The van der Waals surface area contributed by atoms with Crippen molar-refractivity contribution >= 4 is 35.3 Å². The molecule has 2 rings (SSSR count). The van der Waals surface area contributed by atoms with Gasteiger partial charge in [0.15, 0.2) is 0 Å². The van der Waals surface area contributed by atoms with Crippen LogP contribution < -0.4 is 0 Å². The summed E-state index contributed by atoms with van der Waals surface area (Å²) in [4.78, 5) is 0. The van der Waals surface area contributed by atoms with E-state index in [1.807, 2.05) is 35.3 Å². The van der Waals surface area contributed by atoms with Crippen molar-refractivity contribution in [1.82, 2.24) is 0 Å². The van der Waals surface area contributed by atoms with E-state index in [9.17, 15) is 5.11 Å². The van der Waals surface area contributed by atoms with E-state index >= 15 is 0 Å². The largest absolute Gasteiger partial charge is 0.395 e. The highest BCUT2D eigenvalue weighted by Crippen LogP contribution is 2.46. The highest BCUT2D eigenvalue weighted by atomic mass is 32.2. The maximum atomic E-state index is 9.23. The van der Waals surface area contributed by atoms with Gasteiger partial charge in [-0.3, -0.25) is 0 Å². The molecule has 1 aromatic rings. The Balaban J connectivity index is 2.08. The van der Waals surface area contributed by atoms with E-state index < -0.39 is 0 Å². The maximum Gasteiger partial charge on any atom is 0.0583 e. The number of hydrogen-bond acceptors (Lipinski definition) is 4. The highest BCUT2D eigenvalue weighted by molar-refractivity contribution is 8.20. The van der Waals surface area contributed by atoms with Gasteiger partial charge in [0.1, 0.15) is 0 Å². The molecule has 1 aliphatic rings. The summed E-state index contributed by atoms with van der Waals surface area (Å²) in [5, 5.41) is 9.66. The van der Waals surface area contributed by atoms with Crippen molar-refractivity contribution in [2.45, 2.75) is 15.7 Å². The lowest BCUT2D eigenvalue weighted by molar-refractivity contribution is 0.301. The Hall–Kier alpha value is 0.230. The Morgan fingerprint density at radius 2 is 2.18 bits per heavy atom. The normalized spacial score (nSPS) is 26.0. The fourth-order valence-corrected chi connectivity index (χ4v) is 6.45. The van der Waals surface area contributed by atoms with Crippen LogP contribution in [0.25, 0.3) is 0 Å². The van der Waals surface area contributed by atoms with Crippen LogP contribution in [0.4, 0.5) is 0 Å². The summed E-state index contributed by atoms with van der Waals surface area (Å²) < 4.78 is 0.599. The zero-order chi connectivity index (χ0) is 12.1. The Morgan fingerprint density at radius 3 is 2.76 bits per heavy atom. The third-order valence-electron chi connectivity index (χ3n) is 2.88. The molecule has 4 heteroatoms. The maximum absolute atomic E-state index is 9.23. The molecule has 0 aliphatic carbocycles. The first kappa shape index (κ1) is 13.7. The number of aliphatic hydroxyl groups excluding tert-OH is 1. The minimum Gasteiger partial charge on any atom is -0.395 e. The molecule has 3 atom stereocenters. The third kappa shape index (κ3) is 3.60. The Bertz CT molecular complexity index is 331. The number of benzene rings is 1. The van der Waals surface area contributed by atoms with E-state index in [1.165, 1.54) is 5.56 Å². The molecule has 0 aromatic heterocycles. The molecule has 1 fully saturated rings. The van der Waals surface area contributed by atoms with Gasteiger partial charge < -0.3 is 5.11 Å². The van der Waals surface area contributed by atoms with Crippen LogP contribution in [0.15, 0.2) is 30.3 Å². The highest BCUT2D eigenvalue weighted by Gasteiger charge is 2.32. The predicted molar refractivity (Wildman–Crippen MR) is 82.3 cm³/mol. The van der Waals surface area contributed by atoms with Crippen LogP contribution in [-0.2, 0) is 0 Å². The van der Waals surface area contributed by atoms with Crippen LogP contribution in [0, 0.1) is 0 Å². The summed E-state index contributed by atoms with van der Waals surface area (Å²) in [6.07, 6.45) is 2.17. The molecule has 17 heavy (non-hydrogen) atoms. The molecule has 1 heterocycles. The first-order valence-electron chi connectivity index (χ1n) is 5.77. The van der Waals surface area contributed by atoms with Gasteiger partial charge >= 0.3 is 0 Å². The fraction of sp³-hybridized carbons (Fsp3) is 0.538. The number of thioether (sulfide) groups is 3. The van der Waals surface area contributed by atoms with Crippen LogP contribution in [0.1, 0.15) is 11.5 Å². The summed E-state index contributed by atoms with van der Waals surface area (Å²) in [7, 11) is 0. The summed E-state index contributed by atoms with van der Waals surface area (Å²) in [5.74, 6) is 2.84. The Labute approximate surface area is 116 Å². The summed E-state index contributed by atoms with van der Waals surface area (Å²) in [6, 6.07) is 10.8. The van der Waals surface area contributed by atoms with Gasteiger partial charge in [0.2, 0.25) is 0 Å². The van der Waals surface area contributed by atoms with E-state index in [2.05, 4.69) is 36.6 Å². The minimum absolute atomic E-state index is 0.314. The molecule has 1 saturated heterocycles. The van der Waals surface area contributed by atoms with Crippen molar-refractivity contribution in [3.8, 4) is 0 Å². The first-order valence-corrected chi connectivity index (χ1v) is 9.15. The predicted octanol–water partition coefficient (Wildman–Crippen LogP) is 3.30. The lowest BCUT2D eigenvalue weighted by atomic mass is 10.0. The van der Waals surface area contributed by atoms with Crippen molar-refractivity contribution in [2.24, 2.45) is 0 Å². The quantitative estimate of drug-likeness (QED) is 0.895. The molecular weight excluding hydrogens is 268 g/mol. The van der Waals surface area contributed by atoms with Gasteiger partial charge in [-0.2, -0.15) is 11.8 Å². The topological polar surface area (TPSA) is 20.2 Å². The number of hydrogen-bond donors (Lipinski definition) is 1. The van der Waals surface area contributed by atoms with Crippen LogP contribution in [0.2, 0.25) is 0 Å². The molecule has 0 spiro atoms. The second-order valence-corrected chi connectivity index (χ2v) is 7.95. The summed E-state index contributed by atoms with van der Waals surface area (Å²) >= 11 is 5.87. The van der Waals surface area contributed by atoms with Crippen LogP contribution >= 0.6 is 35.3 Å². The molecule has 0 bridgehead atoms. The SMILES string of the molecule is CSCC(c1ccccc1)C1SCC(CO)S1. The number of rotatable bonds is 5. The second kappa shape index (κ2) is 6.98. The van der Waals surface area contributed by atoms with E-state index in [0.717, 1.165) is 11.5 Å². The van der Waals surface area contributed by atoms with Crippen molar-refractivity contribution in [3.63, 3.8) is 0 Å². The zero-order valence-corrected chi connectivity index (χ0v) is 12.4. The van der Waals surface area contributed by atoms with E-state index in [1.54, 1.807) is 0 Å². The molecule has 3 unspecified atom stereocenters. The standard InChI is InChI=1S/C13H18OS3/c1-15-9-12(10-5-3-2-4-6-10)13-16-8-11(7-14)17-13/h2-6,11-14H,7-9H2,1H3. The Kier molecular flexibility index (Phi) is 5.60. The average molecular weight is 286 g/mol. The molecule has 1 aliphatic heterocycles. The van der Waals surface area contributed by atoms with Crippen LogP contribution in [0.3, 0.4) is 0 Å². The Morgan fingerprint density at radius 1 is 1.41 bits per heavy atom. The average Bonchev–Trinajstić information content (AvgIpc) is 2.85. The van der Waals surface area contributed by atoms with Gasteiger partial charge in [0.25, 0.3) is 0 Å². The van der Waals surface area contributed by atoms with Crippen molar-refractivity contribution in [1.29, 1.82) is 0 Å². The van der Waals surface area contributed by atoms with Crippen LogP contribution in [0.5, 0.6) is 0 Å². The van der Waals surface area contributed by atoms with Gasteiger partial charge in [-0.05, 0) is 11.8 Å². The summed E-state index contributed by atoms with van der Waals surface area (Å²) in [6.45, 7) is 0.314. The van der Waals surface area contributed by atoms with Gasteiger partial charge in [-0.1, -0.05) is 30.3 Å². The van der Waals surface area contributed by atoms with Gasteiger partial charge in [-0.25, -0.2) is 0 Å². The minimum atomic E-state index is 0.314. The third-order valence-corrected chi connectivity index (χ3v) is 7.07. The van der Waals surface area contributed by atoms with Crippen molar-refractivity contribution < 1.29 is 5.11 Å². The van der Waals surface area contributed by atoms with Crippen molar-refractivity contribution in [3.05, 3.63) is 35.9 Å². The van der Waals surface area contributed by atoms with Gasteiger partial charge in [-0.15, -0.1) is 23.5 Å². The molecule has 1 N–H and O–H groups in total. The first-order chi connectivity index (χ1) is 8.35. The lowest BCUT2D eigenvalue weighted by Gasteiger charge is -2.22. The molecule has 0 radical (unpaired) electrons. The van der Waals surface area contributed by atoms with Crippen molar-refractivity contribution in [2.75, 3.05) is 24.4 Å². The van der Waals surface area contributed by atoms with Gasteiger partial charge in [0.05, 0.1) is 11.2 Å². The monoisotopic (exact) mass is 286 g/mol. The zero-order valence-electron chi connectivity index (χ0n) is 9.91. The molecule has 0 amide bonds. The van der Waals surface area contributed by atoms with E-state index in [-0.39, 0.29) is 0 Å². The molecule has 0 saturated carbocycles. The second-order valence-electron chi connectivity index (χ2n) is 4.11. The number of aliphatic hydroxyl groups is 1. The van der Waals surface area contributed by atoms with E-state index in [0.29, 0.717) is 22.4 Å². The molecule has 1 nitrogen and oxygen atoms in total. The van der Waals surface area contributed by atoms with Gasteiger partial charge in [0, 0.05) is 22.7 Å². The molecule has 94 valence electrons. The molecular formula is C13H18OS3. The molecule has 1 aromatic carbocycles.